The van der Waals surface area contributed by atoms with Crippen molar-refractivity contribution < 1.29 is 27.5 Å². The van der Waals surface area contributed by atoms with Gasteiger partial charge in [-0.25, -0.2) is 9.18 Å². The van der Waals surface area contributed by atoms with Crippen molar-refractivity contribution >= 4 is 17.6 Å². The summed E-state index contributed by atoms with van der Waals surface area (Å²) in [4.78, 5) is 10.5. The summed E-state index contributed by atoms with van der Waals surface area (Å²) in [6.07, 6.45) is -4.96. The van der Waals surface area contributed by atoms with Crippen molar-refractivity contribution in [1.82, 2.24) is 0 Å². The molecular weight excluding hydrogens is 240 g/mol. The zero-order valence-electron chi connectivity index (χ0n) is 6.90. The van der Waals surface area contributed by atoms with E-state index < -0.39 is 34.1 Å². The van der Waals surface area contributed by atoms with Crippen LogP contribution >= 0.6 is 11.6 Å². The standard InChI is InChI=1S/C8H3ClF4O2/c9-5-2-3(10)1-4(8(11,12)13)6(5)7(14)15/h1-2H,(H,14,15). The third-order valence-corrected chi connectivity index (χ3v) is 1.87. The number of halogens is 5. The van der Waals surface area contributed by atoms with Crippen LogP contribution in [0.2, 0.25) is 5.02 Å². The maximum atomic E-state index is 12.6. The van der Waals surface area contributed by atoms with Crippen molar-refractivity contribution in [1.29, 1.82) is 0 Å². The molecule has 0 fully saturated rings. The number of alkyl halides is 3. The monoisotopic (exact) mass is 242 g/mol. The van der Waals surface area contributed by atoms with E-state index in [1.165, 1.54) is 0 Å². The van der Waals surface area contributed by atoms with Crippen molar-refractivity contribution in [2.24, 2.45) is 0 Å². The Hall–Kier alpha value is -1.30. The number of carboxylic acids is 1. The summed E-state index contributed by atoms with van der Waals surface area (Å²) in [6.45, 7) is 0. The van der Waals surface area contributed by atoms with Gasteiger partial charge in [0.05, 0.1) is 16.1 Å². The first-order chi connectivity index (χ1) is 6.73. The summed E-state index contributed by atoms with van der Waals surface area (Å²) in [6, 6.07) is 0.607. The fourth-order valence-corrected chi connectivity index (χ4v) is 1.30. The smallest absolute Gasteiger partial charge is 0.417 e. The van der Waals surface area contributed by atoms with Crippen LogP contribution in [0.5, 0.6) is 0 Å². The number of aromatic carboxylic acids is 1. The van der Waals surface area contributed by atoms with Crippen LogP contribution in [0.1, 0.15) is 15.9 Å². The van der Waals surface area contributed by atoms with Gasteiger partial charge in [0.1, 0.15) is 5.82 Å². The first-order valence-corrected chi connectivity index (χ1v) is 3.91. The van der Waals surface area contributed by atoms with Gasteiger partial charge in [0.25, 0.3) is 0 Å². The first-order valence-electron chi connectivity index (χ1n) is 3.53. The van der Waals surface area contributed by atoms with Gasteiger partial charge in [-0.05, 0) is 12.1 Å². The fourth-order valence-electron chi connectivity index (χ4n) is 1.01. The molecule has 1 aromatic carbocycles. The molecule has 2 nitrogen and oxygen atoms in total. The molecule has 0 bridgehead atoms. The molecule has 0 unspecified atom stereocenters. The van der Waals surface area contributed by atoms with Gasteiger partial charge in [0.2, 0.25) is 0 Å². The Morgan fingerprint density at radius 1 is 1.33 bits per heavy atom. The number of benzene rings is 1. The molecule has 7 heteroatoms. The van der Waals surface area contributed by atoms with E-state index >= 15 is 0 Å². The molecule has 0 aromatic heterocycles. The van der Waals surface area contributed by atoms with Crippen molar-refractivity contribution in [3.05, 3.63) is 34.1 Å². The highest BCUT2D eigenvalue weighted by molar-refractivity contribution is 6.33. The molecule has 0 heterocycles. The maximum Gasteiger partial charge on any atom is 0.417 e. The lowest BCUT2D eigenvalue weighted by Crippen LogP contribution is -2.14. The van der Waals surface area contributed by atoms with E-state index in [4.69, 9.17) is 16.7 Å². The Morgan fingerprint density at radius 2 is 1.87 bits per heavy atom. The summed E-state index contributed by atoms with van der Waals surface area (Å²) < 4.78 is 49.5. The highest BCUT2D eigenvalue weighted by Gasteiger charge is 2.37. The normalized spacial score (nSPS) is 11.5. The Labute approximate surface area is 86.1 Å². The molecule has 1 aromatic rings. The van der Waals surface area contributed by atoms with Gasteiger partial charge in [-0.2, -0.15) is 13.2 Å². The van der Waals surface area contributed by atoms with Gasteiger partial charge in [-0.3, -0.25) is 0 Å². The molecule has 0 aliphatic heterocycles. The maximum absolute atomic E-state index is 12.6. The first kappa shape index (κ1) is 11.8. The quantitative estimate of drug-likeness (QED) is 0.768. The Kier molecular flexibility index (Phi) is 2.90. The molecule has 0 aliphatic rings. The molecule has 0 saturated heterocycles. The average Bonchev–Trinajstić information content (AvgIpc) is 1.99. The van der Waals surface area contributed by atoms with Gasteiger partial charge in [0.15, 0.2) is 0 Å². The van der Waals surface area contributed by atoms with E-state index in [0.717, 1.165) is 0 Å². The molecule has 0 amide bonds. The van der Waals surface area contributed by atoms with Crippen LogP contribution in [0.25, 0.3) is 0 Å². The lowest BCUT2D eigenvalue weighted by molar-refractivity contribution is -0.138. The van der Waals surface area contributed by atoms with Crippen LogP contribution in [0.4, 0.5) is 17.6 Å². The fraction of sp³-hybridized carbons (Fsp3) is 0.125. The molecule has 0 spiro atoms. The van der Waals surface area contributed by atoms with Gasteiger partial charge >= 0.3 is 12.1 Å². The second-order valence-electron chi connectivity index (χ2n) is 2.61. The van der Waals surface area contributed by atoms with E-state index in [1.54, 1.807) is 0 Å². The third kappa shape index (κ3) is 2.38. The zero-order chi connectivity index (χ0) is 11.8. The second kappa shape index (κ2) is 3.69. The number of hydrogen-bond acceptors (Lipinski definition) is 1. The van der Waals surface area contributed by atoms with Crippen molar-refractivity contribution in [2.75, 3.05) is 0 Å². The summed E-state index contributed by atoms with van der Waals surface area (Å²) in [5.41, 5.74) is -2.74. The summed E-state index contributed by atoms with van der Waals surface area (Å²) in [5.74, 6) is -3.09. The molecule has 1 N–H and O–H groups in total. The van der Waals surface area contributed by atoms with Crippen molar-refractivity contribution in [3.8, 4) is 0 Å². The number of carboxylic acid groups (broad SMARTS) is 1. The Bertz CT molecular complexity index is 414. The largest absolute Gasteiger partial charge is 0.478 e. The van der Waals surface area contributed by atoms with E-state index in [0.29, 0.717) is 6.07 Å². The Balaban J connectivity index is 3.54. The summed E-state index contributed by atoms with van der Waals surface area (Å²) in [5, 5.41) is 7.71. The molecular formula is C8H3ClF4O2. The molecule has 1 rings (SSSR count). The predicted octanol–water partition coefficient (Wildman–Crippen LogP) is 3.20. The van der Waals surface area contributed by atoms with Gasteiger partial charge in [0, 0.05) is 0 Å². The molecule has 82 valence electrons. The molecule has 0 atom stereocenters. The molecule has 0 radical (unpaired) electrons. The summed E-state index contributed by atoms with van der Waals surface area (Å²) >= 11 is 5.21. The van der Waals surface area contributed by atoms with Crippen LogP contribution in [-0.4, -0.2) is 11.1 Å². The van der Waals surface area contributed by atoms with Gasteiger partial charge in [-0.1, -0.05) is 11.6 Å². The second-order valence-corrected chi connectivity index (χ2v) is 3.02. The van der Waals surface area contributed by atoms with Gasteiger partial charge < -0.3 is 5.11 Å². The lowest BCUT2D eigenvalue weighted by Gasteiger charge is -2.11. The van der Waals surface area contributed by atoms with Crippen LogP contribution in [-0.2, 0) is 6.18 Å². The summed E-state index contributed by atoms with van der Waals surface area (Å²) in [7, 11) is 0. The van der Waals surface area contributed by atoms with E-state index in [9.17, 15) is 22.4 Å². The Morgan fingerprint density at radius 3 is 2.27 bits per heavy atom. The average molecular weight is 243 g/mol. The number of rotatable bonds is 1. The zero-order valence-corrected chi connectivity index (χ0v) is 7.66. The topological polar surface area (TPSA) is 37.3 Å². The van der Waals surface area contributed by atoms with Crippen LogP contribution in [0.3, 0.4) is 0 Å². The van der Waals surface area contributed by atoms with Crippen molar-refractivity contribution in [2.45, 2.75) is 6.18 Å². The van der Waals surface area contributed by atoms with Crippen LogP contribution in [0, 0.1) is 5.82 Å². The predicted molar refractivity (Wildman–Crippen MR) is 43.4 cm³/mol. The lowest BCUT2D eigenvalue weighted by atomic mass is 10.1. The minimum Gasteiger partial charge on any atom is -0.478 e. The minimum absolute atomic E-state index is 0.0926. The molecule has 0 aliphatic carbocycles. The number of hydrogen-bond donors (Lipinski definition) is 1. The molecule has 15 heavy (non-hydrogen) atoms. The third-order valence-electron chi connectivity index (χ3n) is 1.57. The molecule has 0 saturated carbocycles. The highest BCUT2D eigenvalue weighted by atomic mass is 35.5. The minimum atomic E-state index is -4.96. The SMILES string of the molecule is O=C(O)c1c(Cl)cc(F)cc1C(F)(F)F. The van der Waals surface area contributed by atoms with E-state index in [1.807, 2.05) is 0 Å². The van der Waals surface area contributed by atoms with Crippen LogP contribution in [0.15, 0.2) is 12.1 Å². The highest BCUT2D eigenvalue weighted by Crippen LogP contribution is 2.35. The van der Waals surface area contributed by atoms with Gasteiger partial charge in [-0.15, -0.1) is 0 Å². The van der Waals surface area contributed by atoms with Crippen LogP contribution < -0.4 is 0 Å². The van der Waals surface area contributed by atoms with E-state index in [-0.39, 0.29) is 6.07 Å². The number of carbonyl (C=O) groups is 1. The van der Waals surface area contributed by atoms with E-state index in [2.05, 4.69) is 0 Å². The van der Waals surface area contributed by atoms with Crippen molar-refractivity contribution in [3.63, 3.8) is 0 Å².